The van der Waals surface area contributed by atoms with Crippen LogP contribution in [0.2, 0.25) is 0 Å². The summed E-state index contributed by atoms with van der Waals surface area (Å²) in [6.45, 7) is 0.493. The molecule has 0 aliphatic rings. The fourth-order valence-electron chi connectivity index (χ4n) is 2.33. The van der Waals surface area contributed by atoms with Crippen molar-refractivity contribution in [1.82, 2.24) is 9.57 Å². The molecule has 1 aromatic rings. The first-order valence-electron chi connectivity index (χ1n) is 8.84. The molecule has 1 unspecified atom stereocenters. The van der Waals surface area contributed by atoms with E-state index in [0.29, 0.717) is 13.0 Å². The minimum atomic E-state index is -3.40. The molecule has 170 valence electrons. The van der Waals surface area contributed by atoms with Crippen molar-refractivity contribution in [3.63, 3.8) is 0 Å². The van der Waals surface area contributed by atoms with E-state index < -0.39 is 22.6 Å². The standard InChI is InChI=1S/C16H33N2O7P3S/c1-17(2)26(29)25-16-9-7-15(8-10-16)11-12-18(13-27(19,21-3)22-4)14-28(20,23-5)24-6/h7-10,19,26-27H,11-14H2,1-6H3. The Labute approximate surface area is 179 Å². The van der Waals surface area contributed by atoms with Gasteiger partial charge in [0.15, 0.2) is 0 Å². The zero-order valence-corrected chi connectivity index (χ0v) is 21.5. The molecule has 1 aromatic carbocycles. The molecule has 0 bridgehead atoms. The Kier molecular flexibility index (Phi) is 12.0. The van der Waals surface area contributed by atoms with Crippen molar-refractivity contribution in [1.29, 1.82) is 0 Å². The Morgan fingerprint density at radius 1 is 1.10 bits per heavy atom. The van der Waals surface area contributed by atoms with Gasteiger partial charge in [-0.2, -0.15) is 0 Å². The molecule has 0 saturated heterocycles. The van der Waals surface area contributed by atoms with Gasteiger partial charge in [-0.1, -0.05) is 0 Å². The van der Waals surface area contributed by atoms with E-state index in [1.807, 2.05) is 43.0 Å². The zero-order chi connectivity index (χ0) is 22.1. The third kappa shape index (κ3) is 9.38. The number of nitrogens with zero attached hydrogens (tertiary/aromatic N) is 2. The number of benzene rings is 1. The maximum atomic E-state index is 12.6. The molecule has 0 aliphatic heterocycles. The van der Waals surface area contributed by atoms with Crippen LogP contribution in [0.3, 0.4) is 0 Å². The average Bonchev–Trinajstić information content (AvgIpc) is 2.72. The third-order valence-corrected chi connectivity index (χ3v) is 10.7. The maximum absolute atomic E-state index is 12.6. The van der Waals surface area contributed by atoms with Crippen LogP contribution in [0.15, 0.2) is 24.3 Å². The molecular formula is C16H33N2O7P3S. The van der Waals surface area contributed by atoms with Crippen LogP contribution in [0.4, 0.5) is 0 Å². The Morgan fingerprint density at radius 3 is 2.10 bits per heavy atom. The van der Waals surface area contributed by atoms with E-state index in [9.17, 15) is 9.46 Å². The van der Waals surface area contributed by atoms with Crippen LogP contribution in [-0.2, 0) is 40.9 Å². The quantitative estimate of drug-likeness (QED) is 0.392. The SMILES string of the molecule is COP(=O)(CN(CCc1ccc(O[PH](=S)N(C)C)cc1)C[PH](O)(OC)OC)OC. The van der Waals surface area contributed by atoms with E-state index in [4.69, 9.17) is 34.4 Å². The molecule has 0 amide bonds. The van der Waals surface area contributed by atoms with E-state index in [2.05, 4.69) is 0 Å². The van der Waals surface area contributed by atoms with Crippen molar-refractivity contribution in [2.45, 2.75) is 6.42 Å². The predicted octanol–water partition coefficient (Wildman–Crippen LogP) is 3.16. The van der Waals surface area contributed by atoms with Crippen LogP contribution in [0.1, 0.15) is 5.56 Å². The molecule has 0 spiro atoms. The molecule has 1 atom stereocenters. The Balaban J connectivity index is 2.83. The summed E-state index contributed by atoms with van der Waals surface area (Å²) in [6, 6.07) is 7.67. The molecule has 1 N–H and O–H groups in total. The van der Waals surface area contributed by atoms with E-state index in [1.54, 1.807) is 4.90 Å². The van der Waals surface area contributed by atoms with Gasteiger partial charge < -0.3 is 0 Å². The van der Waals surface area contributed by atoms with Gasteiger partial charge in [-0.3, -0.25) is 0 Å². The van der Waals surface area contributed by atoms with Gasteiger partial charge in [0.25, 0.3) is 0 Å². The van der Waals surface area contributed by atoms with Gasteiger partial charge in [-0.05, 0) is 0 Å². The topological polar surface area (TPSA) is 89.9 Å². The molecular weight excluding hydrogens is 457 g/mol. The zero-order valence-electron chi connectivity index (χ0n) is 17.8. The first-order chi connectivity index (χ1) is 13.6. The Bertz CT molecular complexity index is 682. The molecule has 13 heteroatoms. The van der Waals surface area contributed by atoms with E-state index in [-0.39, 0.29) is 12.6 Å². The third-order valence-electron chi connectivity index (χ3n) is 4.20. The van der Waals surface area contributed by atoms with E-state index >= 15 is 0 Å². The van der Waals surface area contributed by atoms with Crippen molar-refractivity contribution >= 4 is 34.4 Å². The normalized spacial score (nSPS) is 14.4. The van der Waals surface area contributed by atoms with Crippen molar-refractivity contribution in [2.24, 2.45) is 0 Å². The van der Waals surface area contributed by atoms with E-state index in [0.717, 1.165) is 11.3 Å². The number of hydrogen-bond donors (Lipinski definition) is 1. The van der Waals surface area contributed by atoms with Crippen LogP contribution >= 0.6 is 22.6 Å². The van der Waals surface area contributed by atoms with Crippen LogP contribution in [0, 0.1) is 0 Å². The van der Waals surface area contributed by atoms with Gasteiger partial charge in [0, 0.05) is 0 Å². The average molecular weight is 490 g/mol. The molecule has 0 aromatic heterocycles. The van der Waals surface area contributed by atoms with Crippen LogP contribution in [0.25, 0.3) is 0 Å². The molecule has 1 rings (SSSR count). The van der Waals surface area contributed by atoms with Crippen molar-refractivity contribution in [3.05, 3.63) is 29.8 Å². The first kappa shape index (κ1) is 27.1. The first-order valence-corrected chi connectivity index (χ1v) is 15.0. The summed E-state index contributed by atoms with van der Waals surface area (Å²) in [5.41, 5.74) is 1.05. The second-order valence-electron chi connectivity index (χ2n) is 6.45. The van der Waals surface area contributed by atoms with Gasteiger partial charge in [-0.15, -0.1) is 0 Å². The van der Waals surface area contributed by atoms with Gasteiger partial charge in [0.1, 0.15) is 0 Å². The Morgan fingerprint density at radius 2 is 1.66 bits per heavy atom. The molecule has 29 heavy (non-hydrogen) atoms. The van der Waals surface area contributed by atoms with Gasteiger partial charge in [0.2, 0.25) is 0 Å². The number of hydrogen-bond acceptors (Lipinski definition) is 9. The van der Waals surface area contributed by atoms with Crippen molar-refractivity contribution < 1.29 is 32.1 Å². The van der Waals surface area contributed by atoms with Gasteiger partial charge >= 0.3 is 180 Å². The molecule has 0 aliphatic carbocycles. The summed E-state index contributed by atoms with van der Waals surface area (Å²) < 4.78 is 40.6. The fraction of sp³-hybridized carbons (Fsp3) is 0.625. The predicted molar refractivity (Wildman–Crippen MR) is 123 cm³/mol. The van der Waals surface area contributed by atoms with Crippen LogP contribution in [-0.4, -0.2) is 76.1 Å². The summed E-state index contributed by atoms with van der Waals surface area (Å²) in [7, 11) is 1.08. The van der Waals surface area contributed by atoms with Crippen molar-refractivity contribution in [2.75, 3.05) is 61.7 Å². The van der Waals surface area contributed by atoms with Gasteiger partial charge in [0.05, 0.1) is 0 Å². The molecule has 0 radical (unpaired) electrons. The second kappa shape index (κ2) is 12.8. The summed E-state index contributed by atoms with van der Waals surface area (Å²) in [4.78, 5) is 12.2. The molecule has 0 fully saturated rings. The Hall–Kier alpha value is 0.0500. The monoisotopic (exact) mass is 490 g/mol. The molecule has 0 heterocycles. The summed E-state index contributed by atoms with van der Waals surface area (Å²) >= 11 is 5.31. The summed E-state index contributed by atoms with van der Waals surface area (Å²) in [5, 5.41) is 0. The second-order valence-corrected chi connectivity index (χ2v) is 13.9. The van der Waals surface area contributed by atoms with Crippen LogP contribution in [0.5, 0.6) is 5.75 Å². The molecule has 0 saturated carbocycles. The number of rotatable bonds is 14. The minimum absolute atomic E-state index is 0.00773. The fourth-order valence-corrected chi connectivity index (χ4v) is 5.70. The van der Waals surface area contributed by atoms with Crippen LogP contribution < -0.4 is 4.52 Å². The van der Waals surface area contributed by atoms with E-state index in [1.165, 1.54) is 28.4 Å². The van der Waals surface area contributed by atoms with Gasteiger partial charge in [-0.25, -0.2) is 0 Å². The summed E-state index contributed by atoms with van der Waals surface area (Å²) in [6.07, 6.45) is 0.751. The van der Waals surface area contributed by atoms with Crippen molar-refractivity contribution in [3.8, 4) is 5.75 Å². The molecule has 9 nitrogen and oxygen atoms in total. The summed E-state index contributed by atoms with van der Waals surface area (Å²) in [5.74, 6) is 0.729.